The van der Waals surface area contributed by atoms with E-state index in [9.17, 15) is 4.79 Å². The molecule has 0 aliphatic heterocycles. The number of amides is 1. The number of unbranched alkanes of at least 4 members (excludes halogenated alkanes) is 2. The van der Waals surface area contributed by atoms with Gasteiger partial charge in [0.2, 0.25) is 0 Å². The normalized spacial score (nSPS) is 10.2. The van der Waals surface area contributed by atoms with Crippen molar-refractivity contribution >= 4 is 17.4 Å². The molecule has 6 heteroatoms. The van der Waals surface area contributed by atoms with Crippen molar-refractivity contribution in [2.45, 2.75) is 46.3 Å². The van der Waals surface area contributed by atoms with Gasteiger partial charge in [-0.3, -0.25) is 4.79 Å². The van der Waals surface area contributed by atoms with Gasteiger partial charge < -0.3 is 21.5 Å². The summed E-state index contributed by atoms with van der Waals surface area (Å²) >= 11 is 0. The number of nitrogens with one attached hydrogen (secondary N) is 2. The number of aliphatic hydroxyl groups excluding tert-OH is 1. The summed E-state index contributed by atoms with van der Waals surface area (Å²) in [5.41, 5.74) is 10.2. The summed E-state index contributed by atoms with van der Waals surface area (Å²) in [7, 11) is 0. The van der Waals surface area contributed by atoms with E-state index in [-0.39, 0.29) is 12.5 Å². The maximum Gasteiger partial charge on any atom is 0.255 e. The van der Waals surface area contributed by atoms with Crippen LogP contribution in [-0.4, -0.2) is 22.5 Å². The lowest BCUT2D eigenvalue weighted by atomic mass is 10.1. The van der Waals surface area contributed by atoms with Gasteiger partial charge in [0.25, 0.3) is 5.91 Å². The number of carbonyl (C=O) groups excluding carboxylic acids is 1. The summed E-state index contributed by atoms with van der Waals surface area (Å²) in [4.78, 5) is 16.1. The van der Waals surface area contributed by atoms with Gasteiger partial charge in [-0.15, -0.1) is 0 Å². The molecule has 0 unspecified atom stereocenters. The third-order valence-electron chi connectivity index (χ3n) is 4.84. The van der Waals surface area contributed by atoms with Crippen LogP contribution in [-0.2, 0) is 13.2 Å². The number of carbonyl (C=O) groups is 1. The highest BCUT2D eigenvalue weighted by atomic mass is 16.3. The van der Waals surface area contributed by atoms with E-state index in [1.807, 2.05) is 55.5 Å². The molecule has 0 spiro atoms. The van der Waals surface area contributed by atoms with Gasteiger partial charge in [-0.2, -0.15) is 0 Å². The monoisotopic (exact) mass is 434 g/mol. The van der Waals surface area contributed by atoms with E-state index in [0.29, 0.717) is 17.1 Å². The van der Waals surface area contributed by atoms with Crippen LogP contribution in [0.3, 0.4) is 0 Å². The Balaban J connectivity index is 0.000000336. The summed E-state index contributed by atoms with van der Waals surface area (Å²) in [5.74, 6) is 0.227. The summed E-state index contributed by atoms with van der Waals surface area (Å²) in [6.45, 7) is 6.22. The molecule has 1 aromatic heterocycles. The lowest BCUT2D eigenvalue weighted by molar-refractivity contribution is 0.102. The van der Waals surface area contributed by atoms with Gasteiger partial charge in [0.1, 0.15) is 5.82 Å². The van der Waals surface area contributed by atoms with Crippen molar-refractivity contribution in [2.24, 2.45) is 0 Å². The third-order valence-corrected chi connectivity index (χ3v) is 4.84. The van der Waals surface area contributed by atoms with Crippen molar-refractivity contribution < 1.29 is 9.90 Å². The number of anilines is 2. The molecule has 5 N–H and O–H groups in total. The number of hydrogen-bond donors (Lipinski definition) is 4. The van der Waals surface area contributed by atoms with Crippen LogP contribution in [0.1, 0.15) is 53.2 Å². The number of aromatic nitrogens is 1. The quantitative estimate of drug-likeness (QED) is 0.366. The predicted octanol–water partition coefficient (Wildman–Crippen LogP) is 4.68. The maximum atomic E-state index is 12.2. The molecular weight excluding hydrogens is 400 g/mol. The van der Waals surface area contributed by atoms with Crippen LogP contribution in [0.2, 0.25) is 0 Å². The molecule has 0 bridgehead atoms. The molecule has 6 nitrogen and oxygen atoms in total. The second kappa shape index (κ2) is 14.0. The Morgan fingerprint density at radius 1 is 1.00 bits per heavy atom. The first-order valence-electron chi connectivity index (χ1n) is 11.0. The smallest absolute Gasteiger partial charge is 0.255 e. The van der Waals surface area contributed by atoms with E-state index >= 15 is 0 Å². The molecule has 170 valence electrons. The van der Waals surface area contributed by atoms with Gasteiger partial charge in [0.15, 0.2) is 0 Å². The SMILES string of the molecule is CCCCCNCc1ccc(C(=O)Nc2ccnc(N)c2)cc1.Cc1ccc(CO)cc1. The first kappa shape index (κ1) is 25.0. The summed E-state index contributed by atoms with van der Waals surface area (Å²) < 4.78 is 0. The lowest BCUT2D eigenvalue weighted by Crippen LogP contribution is -2.15. The van der Waals surface area contributed by atoms with Crippen LogP contribution in [0.4, 0.5) is 11.5 Å². The van der Waals surface area contributed by atoms with Gasteiger partial charge in [-0.25, -0.2) is 4.98 Å². The fourth-order valence-electron chi connectivity index (χ4n) is 2.93. The van der Waals surface area contributed by atoms with Crippen LogP contribution >= 0.6 is 0 Å². The predicted molar refractivity (Wildman–Crippen MR) is 131 cm³/mol. The second-order valence-corrected chi connectivity index (χ2v) is 7.65. The Morgan fingerprint density at radius 3 is 2.31 bits per heavy atom. The Bertz CT molecular complexity index is 941. The van der Waals surface area contributed by atoms with Crippen molar-refractivity contribution in [3.8, 4) is 0 Å². The van der Waals surface area contributed by atoms with Crippen molar-refractivity contribution in [3.63, 3.8) is 0 Å². The fraction of sp³-hybridized carbons (Fsp3) is 0.308. The number of rotatable bonds is 9. The number of benzene rings is 2. The molecule has 0 aliphatic carbocycles. The molecule has 0 aliphatic rings. The maximum absolute atomic E-state index is 12.2. The average molecular weight is 435 g/mol. The van der Waals surface area contributed by atoms with Crippen molar-refractivity contribution in [1.82, 2.24) is 10.3 Å². The third kappa shape index (κ3) is 9.29. The number of nitrogens with two attached hydrogens (primary N) is 1. The Morgan fingerprint density at radius 2 is 1.69 bits per heavy atom. The number of nitrogen functional groups attached to an aromatic ring is 1. The molecule has 0 saturated heterocycles. The minimum atomic E-state index is -0.155. The number of pyridine rings is 1. The molecule has 0 radical (unpaired) electrons. The van der Waals surface area contributed by atoms with E-state index in [1.165, 1.54) is 30.4 Å². The molecule has 3 rings (SSSR count). The van der Waals surface area contributed by atoms with Crippen LogP contribution in [0.25, 0.3) is 0 Å². The number of aliphatic hydroxyl groups is 1. The highest BCUT2D eigenvalue weighted by molar-refractivity contribution is 6.04. The first-order chi connectivity index (χ1) is 15.5. The standard InChI is InChI=1S/C18H24N4O.C8H10O/c1-2-3-4-10-20-13-14-5-7-15(8-6-14)18(23)22-16-9-11-21-17(19)12-16;1-7-2-4-8(6-9)5-3-7/h5-9,11-12,20H,2-4,10,13H2,1H3,(H3,19,21,22,23);2-5,9H,6H2,1H3. The summed E-state index contributed by atoms with van der Waals surface area (Å²) in [5, 5.41) is 14.8. The van der Waals surface area contributed by atoms with Crippen LogP contribution in [0.5, 0.6) is 0 Å². The first-order valence-corrected chi connectivity index (χ1v) is 11.0. The number of nitrogens with zero attached hydrogens (tertiary/aromatic N) is 1. The van der Waals surface area contributed by atoms with Gasteiger partial charge in [-0.05, 0) is 49.2 Å². The number of hydrogen-bond acceptors (Lipinski definition) is 5. The van der Waals surface area contributed by atoms with Gasteiger partial charge in [0, 0.05) is 30.1 Å². The molecule has 0 atom stereocenters. The average Bonchev–Trinajstić information content (AvgIpc) is 2.80. The van der Waals surface area contributed by atoms with Crippen molar-refractivity contribution in [3.05, 3.63) is 89.1 Å². The van der Waals surface area contributed by atoms with E-state index < -0.39 is 0 Å². The second-order valence-electron chi connectivity index (χ2n) is 7.65. The highest BCUT2D eigenvalue weighted by Gasteiger charge is 2.06. The minimum absolute atomic E-state index is 0.139. The topological polar surface area (TPSA) is 100 Å². The van der Waals surface area contributed by atoms with Gasteiger partial charge in [-0.1, -0.05) is 61.7 Å². The molecule has 1 amide bonds. The highest BCUT2D eigenvalue weighted by Crippen LogP contribution is 2.12. The number of aryl methyl sites for hydroxylation is 1. The summed E-state index contributed by atoms with van der Waals surface area (Å²) in [6.07, 6.45) is 5.25. The van der Waals surface area contributed by atoms with Crippen LogP contribution in [0, 0.1) is 6.92 Å². The van der Waals surface area contributed by atoms with Gasteiger partial charge >= 0.3 is 0 Å². The molecule has 3 aromatic rings. The van der Waals surface area contributed by atoms with Gasteiger partial charge in [0.05, 0.1) is 6.61 Å². The van der Waals surface area contributed by atoms with E-state index in [4.69, 9.17) is 10.8 Å². The van der Waals surface area contributed by atoms with Crippen molar-refractivity contribution in [1.29, 1.82) is 0 Å². The molecular formula is C26H34N4O2. The largest absolute Gasteiger partial charge is 0.392 e. The van der Waals surface area contributed by atoms with E-state index in [1.54, 1.807) is 18.3 Å². The Kier molecular flexibility index (Phi) is 10.9. The lowest BCUT2D eigenvalue weighted by Gasteiger charge is -2.07. The molecule has 1 heterocycles. The Hall–Kier alpha value is -3.22. The summed E-state index contributed by atoms with van der Waals surface area (Å²) in [6, 6.07) is 18.8. The zero-order valence-corrected chi connectivity index (χ0v) is 19.0. The van der Waals surface area contributed by atoms with Crippen molar-refractivity contribution in [2.75, 3.05) is 17.6 Å². The molecule has 0 saturated carbocycles. The fourth-order valence-corrected chi connectivity index (χ4v) is 2.93. The minimum Gasteiger partial charge on any atom is -0.392 e. The molecule has 0 fully saturated rings. The zero-order chi connectivity index (χ0) is 23.2. The van der Waals surface area contributed by atoms with E-state index in [0.717, 1.165) is 18.7 Å². The Labute approximate surface area is 190 Å². The molecule has 32 heavy (non-hydrogen) atoms. The van der Waals surface area contributed by atoms with Crippen LogP contribution < -0.4 is 16.4 Å². The molecule has 2 aromatic carbocycles. The zero-order valence-electron chi connectivity index (χ0n) is 19.0. The van der Waals surface area contributed by atoms with E-state index in [2.05, 4.69) is 22.5 Å². The van der Waals surface area contributed by atoms with Crippen LogP contribution in [0.15, 0.2) is 66.9 Å².